The molecule has 98 heavy (non-hydrogen) atoms. The number of hydrogen-bond donors (Lipinski definition) is 7. The molecule has 0 saturated carbocycles. The van der Waals surface area contributed by atoms with Crippen molar-refractivity contribution in [1.29, 1.82) is 0 Å². The number of nitrogens with zero attached hydrogens (tertiary/aromatic N) is 5. The monoisotopic (exact) mass is 1390 g/mol. The summed E-state index contributed by atoms with van der Waals surface area (Å²) in [5.74, 6) is -8.49. The van der Waals surface area contributed by atoms with Gasteiger partial charge in [0.2, 0.25) is 53.2 Å². The highest BCUT2D eigenvalue weighted by Gasteiger charge is 2.40. The molecule has 27 heteroatoms. The molecule has 0 spiro atoms. The molecule has 4 aromatic carbocycles. The van der Waals surface area contributed by atoms with Crippen molar-refractivity contribution in [2.24, 2.45) is 5.92 Å². The predicted molar refractivity (Wildman–Crippen MR) is 376 cm³/mol. The number of likely N-dealkylation sites (N-methyl/N-ethyl adjacent to an activating group) is 5. The third-order valence-electron chi connectivity index (χ3n) is 16.6. The van der Waals surface area contributed by atoms with Crippen LogP contribution in [0, 0.1) is 5.92 Å². The van der Waals surface area contributed by atoms with Crippen molar-refractivity contribution in [3.8, 4) is 0 Å². The number of cyclic esters (lactones) is 1. The Balaban J connectivity index is 1.59. The van der Waals surface area contributed by atoms with Crippen molar-refractivity contribution in [2.45, 2.75) is 159 Å². The van der Waals surface area contributed by atoms with Crippen LogP contribution in [-0.2, 0) is 83.2 Å². The van der Waals surface area contributed by atoms with Crippen LogP contribution in [0.15, 0.2) is 121 Å². The minimum Gasteiger partial charge on any atom is -0.465 e. The highest BCUT2D eigenvalue weighted by molar-refractivity contribution is 8.77. The second kappa shape index (κ2) is 38.8. The largest absolute Gasteiger partial charge is 0.465 e. The molecule has 0 bridgehead atoms. The van der Waals surface area contributed by atoms with E-state index in [1.807, 2.05) is 34.6 Å². The van der Waals surface area contributed by atoms with E-state index in [-0.39, 0.29) is 74.3 Å². The van der Waals surface area contributed by atoms with E-state index in [0.717, 1.165) is 14.7 Å². The summed E-state index contributed by atoms with van der Waals surface area (Å²) in [6, 6.07) is 23.2. The molecule has 11 amide bonds. The van der Waals surface area contributed by atoms with Gasteiger partial charge in [0, 0.05) is 78.0 Å². The number of carbonyl (C=O) groups is 12. The third-order valence-corrected chi connectivity index (χ3v) is 19.9. The molecule has 0 aromatic heterocycles. The van der Waals surface area contributed by atoms with Crippen LogP contribution in [0.3, 0.4) is 0 Å². The van der Waals surface area contributed by atoms with E-state index >= 15 is 14.4 Å². The summed E-state index contributed by atoms with van der Waals surface area (Å²) in [5, 5.41) is 25.8. The van der Waals surface area contributed by atoms with E-state index in [2.05, 4.69) is 31.9 Å². The molecule has 1 heterocycles. The minimum atomic E-state index is -1.43. The van der Waals surface area contributed by atoms with Gasteiger partial charge < -0.3 is 66.2 Å². The Morgan fingerprint density at radius 1 is 0.561 bits per heavy atom. The smallest absolute Gasteiger partial charge is 0.405 e. The van der Waals surface area contributed by atoms with E-state index < -0.39 is 139 Å². The lowest BCUT2D eigenvalue weighted by atomic mass is 9.98. The van der Waals surface area contributed by atoms with Gasteiger partial charge in [-0.1, -0.05) is 178 Å². The molecule has 5 rings (SSSR count). The number of hydrogen-bond acceptors (Lipinski definition) is 15. The van der Waals surface area contributed by atoms with Crippen molar-refractivity contribution in [1.82, 2.24) is 56.4 Å². The highest BCUT2D eigenvalue weighted by Crippen LogP contribution is 2.35. The molecule has 1 aliphatic heterocycles. The van der Waals surface area contributed by atoms with Crippen LogP contribution < -0.4 is 31.9 Å². The van der Waals surface area contributed by atoms with Gasteiger partial charge in [0.25, 0.3) is 5.91 Å². The number of carbonyl (C=O) groups excluding carboxylic acids is 11. The summed E-state index contributed by atoms with van der Waals surface area (Å²) in [7, 11) is 9.66. The van der Waals surface area contributed by atoms with E-state index in [1.165, 1.54) is 80.5 Å². The van der Waals surface area contributed by atoms with Gasteiger partial charge in [-0.05, 0) is 67.7 Å². The average molecular weight is 1390 g/mol. The summed E-state index contributed by atoms with van der Waals surface area (Å²) in [6.07, 6.45) is -1.34. The lowest BCUT2D eigenvalue weighted by Gasteiger charge is -2.35. The van der Waals surface area contributed by atoms with Crippen LogP contribution in [0.4, 0.5) is 4.79 Å². The fourth-order valence-corrected chi connectivity index (χ4v) is 13.2. The van der Waals surface area contributed by atoms with Crippen molar-refractivity contribution >= 4 is 92.7 Å². The number of rotatable bonds is 20. The fourth-order valence-electron chi connectivity index (χ4n) is 10.8. The number of unbranched alkanes of at least 4 members (excludes halogenated alkanes) is 1. The molecule has 7 N–H and O–H groups in total. The fraction of sp³-hybridized carbons (Fsp3) is 0.493. The average Bonchev–Trinajstić information content (AvgIpc) is 0.837. The molecule has 1 saturated heterocycles. The van der Waals surface area contributed by atoms with E-state index in [9.17, 15) is 48.3 Å². The first-order valence-electron chi connectivity index (χ1n) is 32.8. The summed E-state index contributed by atoms with van der Waals surface area (Å²) >= 11 is 0. The number of benzene rings is 4. The van der Waals surface area contributed by atoms with Crippen molar-refractivity contribution < 1.29 is 67.4 Å². The normalized spacial score (nSPS) is 21.9. The number of esters is 1. The number of nitrogens with one attached hydrogen (secondary N) is 6. The summed E-state index contributed by atoms with van der Waals surface area (Å²) in [4.78, 5) is 178. The Morgan fingerprint density at radius 3 is 1.52 bits per heavy atom. The predicted octanol–water partition coefficient (Wildman–Crippen LogP) is 4.41. The zero-order valence-corrected chi connectivity index (χ0v) is 59.7. The maximum atomic E-state index is 15.4. The standard InChI is InChI=1S/C71H97N11O14S2/c1-45(2)37-56-64(88)75-53(38-48-27-17-13-18-28-48)67(91)78(8)42-59(83)80(10)57(40-50-31-21-15-22-32-50)63(87)73-46(3)66(90)79(9)47(4)61(85)76-54(39-49-29-19-14-20-30-49)69(93)96-43-60(84)81(11)58(41-51-33-23-16-24-34-51)65(89)74-52(68(92)82(56)12)35-25-26-36-72-62(86)55(77-70(94)95)44-97-98-71(5,6)7/h13-24,27-34,45-47,52-58,77H,25-26,35-44H2,1-12H3,(H,72,86)(H,73,87)(H,74,89)(H,75,88)(H,76,85)(H,94,95)/t46-,47+,52-,53-,54-,55-,56+,57-,58?/m0/s1. The lowest BCUT2D eigenvalue weighted by molar-refractivity contribution is -0.156. The van der Waals surface area contributed by atoms with Gasteiger partial charge >= 0.3 is 12.1 Å². The summed E-state index contributed by atoms with van der Waals surface area (Å²) in [5.41, 5.74) is 2.50. The van der Waals surface area contributed by atoms with Crippen LogP contribution in [0.2, 0.25) is 0 Å². The topological polar surface area (TPSA) is 323 Å². The molecular formula is C71H97N11O14S2. The first-order chi connectivity index (χ1) is 46.3. The SMILES string of the molecule is CC(C)C[C@@H]1C(=O)N[C@@H](Cc2ccccc2)C(=O)N(C)CC(=O)N(C)[C@@H](Cc2ccccc2)C(=O)N[C@@H](C)C(=O)N(C)[C@H](C)C(=O)N[C@@H](Cc2ccccc2)C(=O)OCC(=O)N(C)C(Cc2ccccc2)C(=O)N[C@@H](CCCCNC(=O)[C@H](CSSC(C)(C)C)NC(=O)O)C(=O)N1C. The molecule has 1 unspecified atom stereocenters. The molecule has 0 aliphatic carbocycles. The van der Waals surface area contributed by atoms with Crippen LogP contribution in [0.25, 0.3) is 0 Å². The number of amides is 11. The van der Waals surface area contributed by atoms with Gasteiger partial charge in [0.05, 0.1) is 6.54 Å². The van der Waals surface area contributed by atoms with Crippen LogP contribution in [0.1, 0.15) is 96.4 Å². The molecule has 1 aliphatic rings. The Hall–Kier alpha value is -8.98. The minimum absolute atomic E-state index is 0.0263. The van der Waals surface area contributed by atoms with Gasteiger partial charge in [-0.25, -0.2) is 9.59 Å². The highest BCUT2D eigenvalue weighted by atomic mass is 33.1. The maximum Gasteiger partial charge on any atom is 0.405 e. The third kappa shape index (κ3) is 25.5. The van der Waals surface area contributed by atoms with E-state index in [1.54, 1.807) is 121 Å². The Kier molecular flexibility index (Phi) is 31.6. The lowest BCUT2D eigenvalue weighted by Crippen LogP contribution is -2.60. The maximum absolute atomic E-state index is 15.4. The van der Waals surface area contributed by atoms with Crippen molar-refractivity contribution in [3.63, 3.8) is 0 Å². The molecular weight excluding hydrogens is 1290 g/mol. The Bertz CT molecular complexity index is 3350. The zero-order valence-electron chi connectivity index (χ0n) is 58.1. The van der Waals surface area contributed by atoms with Crippen molar-refractivity contribution in [2.75, 3.05) is 60.7 Å². The summed E-state index contributed by atoms with van der Waals surface area (Å²) in [6.45, 7) is 11.0. The quantitative estimate of drug-likeness (QED) is 0.0366. The molecule has 532 valence electrons. The zero-order chi connectivity index (χ0) is 72.4. The van der Waals surface area contributed by atoms with Crippen LogP contribution in [0.5, 0.6) is 0 Å². The Labute approximate surface area is 582 Å². The number of carboxylic acid groups (broad SMARTS) is 1. The van der Waals surface area contributed by atoms with Gasteiger partial charge in [-0.2, -0.15) is 0 Å². The number of ether oxygens (including phenoxy) is 1. The van der Waals surface area contributed by atoms with Gasteiger partial charge in [0.15, 0.2) is 6.61 Å². The second-order valence-corrected chi connectivity index (χ2v) is 29.2. The molecule has 4 aromatic rings. The van der Waals surface area contributed by atoms with Crippen LogP contribution in [-0.4, -0.2) is 221 Å². The van der Waals surface area contributed by atoms with E-state index in [0.29, 0.717) is 22.3 Å². The van der Waals surface area contributed by atoms with E-state index in [4.69, 9.17) is 4.74 Å². The van der Waals surface area contributed by atoms with Gasteiger partial charge in [-0.3, -0.25) is 47.9 Å². The molecule has 0 radical (unpaired) electrons. The Morgan fingerprint density at radius 2 is 1.02 bits per heavy atom. The van der Waals surface area contributed by atoms with Crippen LogP contribution >= 0.6 is 21.6 Å². The summed E-state index contributed by atoms with van der Waals surface area (Å²) < 4.78 is 5.49. The molecule has 25 nitrogen and oxygen atoms in total. The van der Waals surface area contributed by atoms with Gasteiger partial charge in [-0.15, -0.1) is 0 Å². The molecule has 9 atom stereocenters. The second-order valence-electron chi connectivity index (χ2n) is 26.0. The van der Waals surface area contributed by atoms with Crippen molar-refractivity contribution in [3.05, 3.63) is 144 Å². The first kappa shape index (κ1) is 79.7. The molecule has 1 fully saturated rings. The van der Waals surface area contributed by atoms with Gasteiger partial charge in [0.1, 0.15) is 54.4 Å². The first-order valence-corrected chi connectivity index (χ1v) is 35.1.